The number of pyridine rings is 2. The zero-order valence-electron chi connectivity index (χ0n) is 14.2. The number of hydrogen-bond donors (Lipinski definition) is 0. The lowest BCUT2D eigenvalue weighted by Gasteiger charge is -2.12. The zero-order chi connectivity index (χ0) is 17.3. The molecule has 7 heteroatoms. The Labute approximate surface area is 155 Å². The average Bonchev–Trinajstić information content (AvgIpc) is 3.42. The van der Waals surface area contributed by atoms with E-state index in [0.717, 1.165) is 48.7 Å². The molecule has 0 radical (unpaired) electrons. The summed E-state index contributed by atoms with van der Waals surface area (Å²) in [5.74, 6) is 1.33. The Morgan fingerprint density at radius 3 is 2.85 bits per heavy atom. The molecule has 0 amide bonds. The van der Waals surface area contributed by atoms with E-state index < -0.39 is 0 Å². The molecule has 0 aromatic carbocycles. The number of thiazole rings is 1. The minimum atomic E-state index is 0.388. The van der Waals surface area contributed by atoms with Gasteiger partial charge in [0, 0.05) is 48.2 Å². The molecule has 0 spiro atoms. The molecule has 5 rings (SSSR count). The van der Waals surface area contributed by atoms with E-state index in [4.69, 9.17) is 10.1 Å². The normalized spacial score (nSPS) is 17.9. The van der Waals surface area contributed by atoms with Gasteiger partial charge in [0.2, 0.25) is 0 Å². The van der Waals surface area contributed by atoms with E-state index in [9.17, 15) is 0 Å². The van der Waals surface area contributed by atoms with Crippen molar-refractivity contribution in [2.45, 2.75) is 18.9 Å². The molecule has 4 aromatic rings. The Balaban J connectivity index is 1.36. The van der Waals surface area contributed by atoms with Crippen molar-refractivity contribution < 1.29 is 0 Å². The Kier molecular flexibility index (Phi) is 3.95. The van der Waals surface area contributed by atoms with Crippen molar-refractivity contribution in [1.82, 2.24) is 29.5 Å². The van der Waals surface area contributed by atoms with Crippen LogP contribution in [-0.2, 0) is 6.54 Å². The Hall–Kier alpha value is -2.64. The van der Waals surface area contributed by atoms with Crippen LogP contribution in [0.2, 0.25) is 0 Å². The first-order valence-corrected chi connectivity index (χ1v) is 9.60. The van der Waals surface area contributed by atoms with E-state index in [-0.39, 0.29) is 0 Å². The summed E-state index contributed by atoms with van der Waals surface area (Å²) in [6.07, 6.45) is 8.63. The summed E-state index contributed by atoms with van der Waals surface area (Å²) in [6.45, 7) is 2.99. The van der Waals surface area contributed by atoms with E-state index in [0.29, 0.717) is 5.92 Å². The monoisotopic (exact) mass is 362 g/mol. The van der Waals surface area contributed by atoms with Gasteiger partial charge in [-0.25, -0.2) is 14.5 Å². The lowest BCUT2D eigenvalue weighted by Crippen LogP contribution is -2.19. The van der Waals surface area contributed by atoms with E-state index in [1.807, 2.05) is 52.9 Å². The van der Waals surface area contributed by atoms with Crippen LogP contribution in [0, 0.1) is 0 Å². The summed E-state index contributed by atoms with van der Waals surface area (Å²) in [6, 6.07) is 8.14. The van der Waals surface area contributed by atoms with Gasteiger partial charge in [0.25, 0.3) is 0 Å². The first-order chi connectivity index (χ1) is 12.8. The van der Waals surface area contributed by atoms with Crippen molar-refractivity contribution in [3.05, 3.63) is 65.3 Å². The summed E-state index contributed by atoms with van der Waals surface area (Å²) in [5, 5.41) is 7.97. The molecular weight excluding hydrogens is 344 g/mol. The topological polar surface area (TPSA) is 59.2 Å². The van der Waals surface area contributed by atoms with E-state index >= 15 is 0 Å². The minimum absolute atomic E-state index is 0.388. The Morgan fingerprint density at radius 1 is 1.08 bits per heavy atom. The van der Waals surface area contributed by atoms with Crippen molar-refractivity contribution in [2.75, 3.05) is 13.1 Å². The van der Waals surface area contributed by atoms with Crippen LogP contribution >= 0.6 is 11.3 Å². The minimum Gasteiger partial charge on any atom is -0.296 e. The van der Waals surface area contributed by atoms with Crippen LogP contribution in [0.4, 0.5) is 0 Å². The van der Waals surface area contributed by atoms with Crippen molar-refractivity contribution >= 4 is 17.0 Å². The molecule has 1 fully saturated rings. The van der Waals surface area contributed by atoms with Crippen LogP contribution in [0.25, 0.3) is 16.8 Å². The molecule has 5 heterocycles. The fourth-order valence-corrected chi connectivity index (χ4v) is 4.16. The van der Waals surface area contributed by atoms with Crippen LogP contribution in [0.5, 0.6) is 0 Å². The molecule has 1 saturated heterocycles. The predicted octanol–water partition coefficient (Wildman–Crippen LogP) is 3.24. The molecule has 1 aliphatic heterocycles. The largest absolute Gasteiger partial charge is 0.296 e. The molecule has 6 nitrogen and oxygen atoms in total. The molecule has 0 aliphatic carbocycles. The third-order valence-electron chi connectivity index (χ3n) is 4.84. The average molecular weight is 362 g/mol. The lowest BCUT2D eigenvalue weighted by atomic mass is 10.1. The third-order valence-corrected chi connectivity index (χ3v) is 5.61. The summed E-state index contributed by atoms with van der Waals surface area (Å²) >= 11 is 1.72. The lowest BCUT2D eigenvalue weighted by molar-refractivity contribution is 0.325. The molecule has 0 saturated carbocycles. The second-order valence-corrected chi connectivity index (χ2v) is 7.55. The Bertz CT molecular complexity index is 1010. The van der Waals surface area contributed by atoms with Crippen molar-refractivity contribution in [3.8, 4) is 11.1 Å². The highest BCUT2D eigenvalue weighted by molar-refractivity contribution is 7.09. The molecule has 0 N–H and O–H groups in total. The maximum Gasteiger partial charge on any atom is 0.156 e. The van der Waals surface area contributed by atoms with Gasteiger partial charge < -0.3 is 0 Å². The predicted molar refractivity (Wildman–Crippen MR) is 101 cm³/mol. The van der Waals surface area contributed by atoms with Gasteiger partial charge in [-0.05, 0) is 42.8 Å². The SMILES string of the molecule is c1cc(-c2ccc3nc(C4CCN(Cc5nccs5)C4)nn3c2)ccn1. The summed E-state index contributed by atoms with van der Waals surface area (Å²) in [4.78, 5) is 15.7. The van der Waals surface area contributed by atoms with Crippen LogP contribution in [0.1, 0.15) is 23.2 Å². The fourth-order valence-electron chi connectivity index (χ4n) is 3.50. The van der Waals surface area contributed by atoms with Crippen LogP contribution < -0.4 is 0 Å². The van der Waals surface area contributed by atoms with Crippen LogP contribution in [0.3, 0.4) is 0 Å². The highest BCUT2D eigenvalue weighted by atomic mass is 32.1. The summed E-state index contributed by atoms with van der Waals surface area (Å²) < 4.78 is 1.90. The second kappa shape index (κ2) is 6.59. The van der Waals surface area contributed by atoms with Crippen molar-refractivity contribution in [3.63, 3.8) is 0 Å². The number of fused-ring (bicyclic) bond motifs is 1. The number of hydrogen-bond acceptors (Lipinski definition) is 6. The van der Waals surface area contributed by atoms with Gasteiger partial charge in [0.05, 0.1) is 6.54 Å². The highest BCUT2D eigenvalue weighted by Crippen LogP contribution is 2.27. The number of likely N-dealkylation sites (tertiary alicyclic amines) is 1. The van der Waals surface area contributed by atoms with Gasteiger partial charge in [0.15, 0.2) is 11.5 Å². The van der Waals surface area contributed by atoms with Gasteiger partial charge in [0.1, 0.15) is 5.01 Å². The van der Waals surface area contributed by atoms with Gasteiger partial charge in [-0.2, -0.15) is 5.10 Å². The number of aromatic nitrogens is 5. The molecule has 1 atom stereocenters. The van der Waals surface area contributed by atoms with Gasteiger partial charge in [-0.1, -0.05) is 0 Å². The number of nitrogens with zero attached hydrogens (tertiary/aromatic N) is 6. The first-order valence-electron chi connectivity index (χ1n) is 8.72. The maximum atomic E-state index is 4.76. The summed E-state index contributed by atoms with van der Waals surface area (Å²) in [7, 11) is 0. The number of rotatable bonds is 4. The van der Waals surface area contributed by atoms with E-state index in [1.54, 1.807) is 11.3 Å². The molecule has 130 valence electrons. The van der Waals surface area contributed by atoms with Gasteiger partial charge >= 0.3 is 0 Å². The molecule has 0 bridgehead atoms. The fraction of sp³-hybridized carbons (Fsp3) is 0.263. The van der Waals surface area contributed by atoms with Crippen LogP contribution in [-0.4, -0.2) is 42.6 Å². The second-order valence-electron chi connectivity index (χ2n) is 6.57. The van der Waals surface area contributed by atoms with Crippen molar-refractivity contribution in [1.29, 1.82) is 0 Å². The molecule has 26 heavy (non-hydrogen) atoms. The van der Waals surface area contributed by atoms with Gasteiger partial charge in [-0.15, -0.1) is 11.3 Å². The van der Waals surface area contributed by atoms with Crippen molar-refractivity contribution in [2.24, 2.45) is 0 Å². The van der Waals surface area contributed by atoms with Crippen LogP contribution in [0.15, 0.2) is 54.4 Å². The summed E-state index contributed by atoms with van der Waals surface area (Å²) in [5.41, 5.74) is 3.15. The molecule has 1 unspecified atom stereocenters. The molecular formula is C19H18N6S. The quantitative estimate of drug-likeness (QED) is 0.558. The maximum absolute atomic E-state index is 4.76. The standard InChI is InChI=1S/C19H18N6S/c1-2-17-22-19(16-5-9-24(11-16)13-18-21-8-10-26-18)23-25(17)12-15(1)14-3-6-20-7-4-14/h1-4,6-8,10,12,16H,5,9,11,13H2. The highest BCUT2D eigenvalue weighted by Gasteiger charge is 2.27. The zero-order valence-corrected chi connectivity index (χ0v) is 15.0. The Morgan fingerprint density at radius 2 is 2.00 bits per heavy atom. The smallest absolute Gasteiger partial charge is 0.156 e. The van der Waals surface area contributed by atoms with Gasteiger partial charge in [-0.3, -0.25) is 9.88 Å². The van der Waals surface area contributed by atoms with E-state index in [1.165, 1.54) is 5.01 Å². The first kappa shape index (κ1) is 15.6. The molecule has 4 aromatic heterocycles. The van der Waals surface area contributed by atoms with E-state index in [2.05, 4.69) is 20.9 Å². The third kappa shape index (κ3) is 3.00. The molecule has 1 aliphatic rings.